The van der Waals surface area contributed by atoms with Gasteiger partial charge in [0, 0.05) is 7.11 Å². The van der Waals surface area contributed by atoms with Crippen molar-refractivity contribution in [1.82, 2.24) is 0 Å². The van der Waals surface area contributed by atoms with Crippen LogP contribution >= 0.6 is 0 Å². The standard InChI is InChI=1S/C10H8F4O2/c1-16-5-8(15)6-3-2-4-7(9(6)11)10(12,13)14/h2-4H,5H2,1H3. The minimum atomic E-state index is -4.81. The van der Waals surface area contributed by atoms with Gasteiger partial charge in [0.15, 0.2) is 5.78 Å². The fourth-order valence-electron chi connectivity index (χ4n) is 1.18. The first-order chi connectivity index (χ1) is 7.38. The molecular weight excluding hydrogens is 228 g/mol. The maximum absolute atomic E-state index is 13.3. The van der Waals surface area contributed by atoms with Crippen LogP contribution in [0.2, 0.25) is 0 Å². The smallest absolute Gasteiger partial charge is 0.377 e. The first-order valence-corrected chi connectivity index (χ1v) is 4.25. The number of ether oxygens (including phenoxy) is 1. The van der Waals surface area contributed by atoms with E-state index in [1.54, 1.807) is 0 Å². The highest BCUT2D eigenvalue weighted by Gasteiger charge is 2.35. The topological polar surface area (TPSA) is 26.3 Å². The number of ketones is 1. The summed E-state index contributed by atoms with van der Waals surface area (Å²) in [5.41, 5.74) is -2.06. The van der Waals surface area contributed by atoms with Crippen molar-refractivity contribution in [2.45, 2.75) is 6.18 Å². The number of alkyl halides is 3. The van der Waals surface area contributed by atoms with Gasteiger partial charge < -0.3 is 4.74 Å². The van der Waals surface area contributed by atoms with Gasteiger partial charge in [0.05, 0.1) is 11.1 Å². The van der Waals surface area contributed by atoms with E-state index >= 15 is 0 Å². The third-order valence-corrected chi connectivity index (χ3v) is 1.88. The maximum atomic E-state index is 13.3. The number of hydrogen-bond donors (Lipinski definition) is 0. The largest absolute Gasteiger partial charge is 0.419 e. The number of carbonyl (C=O) groups excluding carboxylic acids is 1. The molecule has 0 fully saturated rings. The number of benzene rings is 1. The first kappa shape index (κ1) is 12.6. The van der Waals surface area contributed by atoms with Crippen molar-refractivity contribution in [2.24, 2.45) is 0 Å². The van der Waals surface area contributed by atoms with Crippen molar-refractivity contribution >= 4 is 5.78 Å². The lowest BCUT2D eigenvalue weighted by atomic mass is 10.1. The molecule has 0 bridgehead atoms. The molecule has 0 heterocycles. The molecule has 0 aliphatic carbocycles. The molecule has 2 nitrogen and oxygen atoms in total. The van der Waals surface area contributed by atoms with Crippen LogP contribution < -0.4 is 0 Å². The molecule has 1 aromatic carbocycles. The van der Waals surface area contributed by atoms with Crippen LogP contribution in [0.15, 0.2) is 18.2 Å². The third kappa shape index (κ3) is 2.57. The van der Waals surface area contributed by atoms with Gasteiger partial charge in [-0.1, -0.05) is 6.07 Å². The summed E-state index contributed by atoms with van der Waals surface area (Å²) in [6.45, 7) is -0.460. The molecule has 0 aliphatic heterocycles. The molecule has 0 radical (unpaired) electrons. The lowest BCUT2D eigenvalue weighted by Crippen LogP contribution is -2.14. The normalized spacial score (nSPS) is 11.6. The number of halogens is 4. The minimum absolute atomic E-state index is 0.460. The molecule has 6 heteroatoms. The summed E-state index contributed by atoms with van der Waals surface area (Å²) in [5.74, 6) is -2.39. The van der Waals surface area contributed by atoms with E-state index in [0.717, 1.165) is 12.1 Å². The van der Waals surface area contributed by atoms with Gasteiger partial charge in [-0.25, -0.2) is 4.39 Å². The average Bonchev–Trinajstić information content (AvgIpc) is 2.16. The molecule has 0 aliphatic rings. The van der Waals surface area contributed by atoms with E-state index < -0.39 is 35.5 Å². The lowest BCUT2D eigenvalue weighted by molar-refractivity contribution is -0.140. The predicted molar refractivity (Wildman–Crippen MR) is 47.6 cm³/mol. The third-order valence-electron chi connectivity index (χ3n) is 1.88. The summed E-state index contributed by atoms with van der Waals surface area (Å²) in [4.78, 5) is 11.2. The average molecular weight is 236 g/mol. The quantitative estimate of drug-likeness (QED) is 0.595. The Morgan fingerprint density at radius 3 is 2.50 bits per heavy atom. The van der Waals surface area contributed by atoms with Gasteiger partial charge in [-0.3, -0.25) is 4.79 Å². The molecule has 0 N–H and O–H groups in total. The van der Waals surface area contributed by atoms with Crippen LogP contribution in [0.3, 0.4) is 0 Å². The van der Waals surface area contributed by atoms with E-state index in [9.17, 15) is 22.4 Å². The molecule has 1 rings (SSSR count). The van der Waals surface area contributed by atoms with Crippen LogP contribution in [0.25, 0.3) is 0 Å². The highest BCUT2D eigenvalue weighted by Crippen LogP contribution is 2.32. The Labute approximate surface area is 88.8 Å². The molecule has 0 saturated heterocycles. The van der Waals surface area contributed by atoms with Crippen LogP contribution in [0.5, 0.6) is 0 Å². The Bertz CT molecular complexity index is 398. The summed E-state index contributed by atoms with van der Waals surface area (Å²) >= 11 is 0. The maximum Gasteiger partial charge on any atom is 0.419 e. The van der Waals surface area contributed by atoms with Crippen molar-refractivity contribution < 1.29 is 27.1 Å². The van der Waals surface area contributed by atoms with E-state index in [4.69, 9.17) is 0 Å². The predicted octanol–water partition coefficient (Wildman–Crippen LogP) is 2.67. The second kappa shape index (κ2) is 4.61. The summed E-state index contributed by atoms with van der Waals surface area (Å²) in [7, 11) is 1.20. The van der Waals surface area contributed by atoms with Gasteiger partial charge in [0.25, 0.3) is 0 Å². The second-order valence-electron chi connectivity index (χ2n) is 3.02. The van der Waals surface area contributed by atoms with Crippen molar-refractivity contribution in [3.8, 4) is 0 Å². The SMILES string of the molecule is COCC(=O)c1cccc(C(F)(F)F)c1F. The van der Waals surface area contributed by atoms with Gasteiger partial charge in [-0.05, 0) is 12.1 Å². The van der Waals surface area contributed by atoms with Gasteiger partial charge in [0.2, 0.25) is 0 Å². The molecular formula is C10H8F4O2. The lowest BCUT2D eigenvalue weighted by Gasteiger charge is -2.10. The first-order valence-electron chi connectivity index (χ1n) is 4.25. The number of rotatable bonds is 3. The minimum Gasteiger partial charge on any atom is -0.377 e. The van der Waals surface area contributed by atoms with Crippen molar-refractivity contribution in [3.63, 3.8) is 0 Å². The van der Waals surface area contributed by atoms with E-state index in [1.807, 2.05) is 0 Å². The Balaban J connectivity index is 3.19. The van der Waals surface area contributed by atoms with Crippen molar-refractivity contribution in [2.75, 3.05) is 13.7 Å². The van der Waals surface area contributed by atoms with Gasteiger partial charge in [-0.2, -0.15) is 13.2 Å². The molecule has 0 atom stereocenters. The van der Waals surface area contributed by atoms with Gasteiger partial charge in [0.1, 0.15) is 12.4 Å². The highest BCUT2D eigenvalue weighted by molar-refractivity contribution is 5.97. The number of Topliss-reactive ketones (excluding diaryl/α,β-unsaturated/α-hetero) is 1. The molecule has 1 aromatic rings. The van der Waals surface area contributed by atoms with E-state index in [-0.39, 0.29) is 0 Å². The fourth-order valence-corrected chi connectivity index (χ4v) is 1.18. The molecule has 16 heavy (non-hydrogen) atoms. The molecule has 0 aromatic heterocycles. The zero-order valence-corrected chi connectivity index (χ0v) is 8.27. The van der Waals surface area contributed by atoms with E-state index in [0.29, 0.717) is 6.07 Å². The fraction of sp³-hybridized carbons (Fsp3) is 0.300. The summed E-state index contributed by atoms with van der Waals surface area (Å²) in [6.07, 6.45) is -4.81. The zero-order valence-electron chi connectivity index (χ0n) is 8.27. The highest BCUT2D eigenvalue weighted by atomic mass is 19.4. The van der Waals surface area contributed by atoms with Crippen LogP contribution in [-0.4, -0.2) is 19.5 Å². The Hall–Kier alpha value is -1.43. The van der Waals surface area contributed by atoms with Crippen LogP contribution in [-0.2, 0) is 10.9 Å². The van der Waals surface area contributed by atoms with E-state index in [1.165, 1.54) is 7.11 Å². The zero-order chi connectivity index (χ0) is 12.3. The van der Waals surface area contributed by atoms with Crippen LogP contribution in [0.1, 0.15) is 15.9 Å². The number of hydrogen-bond acceptors (Lipinski definition) is 2. The summed E-state index contributed by atoms with van der Waals surface area (Å²) in [6, 6.07) is 2.56. The van der Waals surface area contributed by atoms with Crippen molar-refractivity contribution in [1.29, 1.82) is 0 Å². The van der Waals surface area contributed by atoms with E-state index in [2.05, 4.69) is 4.74 Å². The second-order valence-corrected chi connectivity index (χ2v) is 3.02. The molecule has 88 valence electrons. The Morgan fingerprint density at radius 1 is 1.38 bits per heavy atom. The number of carbonyl (C=O) groups is 1. The Morgan fingerprint density at radius 2 is 2.00 bits per heavy atom. The molecule has 0 saturated carbocycles. The Kier molecular flexibility index (Phi) is 3.64. The monoisotopic (exact) mass is 236 g/mol. The summed E-state index contributed by atoms with van der Waals surface area (Å²) in [5, 5.41) is 0. The molecule has 0 amide bonds. The van der Waals surface area contributed by atoms with Crippen molar-refractivity contribution in [3.05, 3.63) is 35.1 Å². The molecule has 0 spiro atoms. The van der Waals surface area contributed by atoms with Gasteiger partial charge >= 0.3 is 6.18 Å². The number of methoxy groups -OCH3 is 1. The van der Waals surface area contributed by atoms with Gasteiger partial charge in [-0.15, -0.1) is 0 Å². The van der Waals surface area contributed by atoms with Crippen LogP contribution in [0.4, 0.5) is 17.6 Å². The summed E-state index contributed by atoms with van der Waals surface area (Å²) < 4.78 is 54.7. The van der Waals surface area contributed by atoms with Crippen LogP contribution in [0, 0.1) is 5.82 Å². The molecule has 0 unspecified atom stereocenters.